The van der Waals surface area contributed by atoms with Crippen LogP contribution in [0.3, 0.4) is 0 Å². The summed E-state index contributed by atoms with van der Waals surface area (Å²) in [4.78, 5) is 16.3. The maximum Gasteiger partial charge on any atom is 0.198 e. The fourth-order valence-electron chi connectivity index (χ4n) is 2.08. The molecule has 4 nitrogen and oxygen atoms in total. The van der Waals surface area contributed by atoms with Gasteiger partial charge in [0.25, 0.3) is 0 Å². The minimum atomic E-state index is -0.242. The number of hydrogen-bond donors (Lipinski definition) is 0. The van der Waals surface area contributed by atoms with Gasteiger partial charge in [0.1, 0.15) is 17.1 Å². The molecule has 0 spiro atoms. The van der Waals surface area contributed by atoms with E-state index in [1.54, 1.807) is 22.8 Å². The number of rotatable bonds is 3. The van der Waals surface area contributed by atoms with Gasteiger partial charge in [-0.2, -0.15) is 4.57 Å². The number of carbonyl (C=O) groups excluding carboxylic acids is 1. The summed E-state index contributed by atoms with van der Waals surface area (Å²) in [6.07, 6.45) is 0. The molecule has 3 rings (SSSR count). The van der Waals surface area contributed by atoms with Crippen LogP contribution in [0.5, 0.6) is 0 Å². The zero-order chi connectivity index (χ0) is 14.3. The lowest BCUT2D eigenvalue weighted by atomic mass is 10.1. The van der Waals surface area contributed by atoms with Crippen molar-refractivity contribution in [1.29, 1.82) is 0 Å². The lowest BCUT2D eigenvalue weighted by Crippen LogP contribution is -2.03. The van der Waals surface area contributed by atoms with Gasteiger partial charge in [-0.3, -0.25) is 4.79 Å². The highest BCUT2D eigenvalue weighted by Crippen LogP contribution is 2.28. The Hall–Kier alpha value is -1.78. The SMILES string of the molecule is Cc1cc2nc(C(=O)CCl)c(-c3ccc(Cl)cc3)n2o1. The third kappa shape index (κ3) is 2.11. The molecule has 20 heavy (non-hydrogen) atoms. The van der Waals surface area contributed by atoms with Gasteiger partial charge in [0.15, 0.2) is 11.4 Å². The van der Waals surface area contributed by atoms with E-state index in [-0.39, 0.29) is 11.7 Å². The lowest BCUT2D eigenvalue weighted by Gasteiger charge is -2.02. The van der Waals surface area contributed by atoms with Crippen LogP contribution in [0.1, 0.15) is 16.2 Å². The molecule has 0 unspecified atom stereocenters. The molecule has 0 atom stereocenters. The molecule has 3 aromatic rings. The van der Waals surface area contributed by atoms with Crippen LogP contribution in [-0.2, 0) is 0 Å². The zero-order valence-electron chi connectivity index (χ0n) is 10.6. The Kier molecular flexibility index (Phi) is 3.28. The Morgan fingerprint density at radius 3 is 2.70 bits per heavy atom. The molecule has 6 heteroatoms. The topological polar surface area (TPSA) is 47.5 Å². The van der Waals surface area contributed by atoms with Crippen molar-refractivity contribution in [1.82, 2.24) is 9.56 Å². The first-order valence-electron chi connectivity index (χ1n) is 5.94. The molecule has 0 saturated carbocycles. The zero-order valence-corrected chi connectivity index (χ0v) is 12.1. The van der Waals surface area contributed by atoms with Gasteiger partial charge in [0.2, 0.25) is 0 Å². The molecule has 0 aliphatic rings. The Morgan fingerprint density at radius 1 is 1.35 bits per heavy atom. The average molecular weight is 309 g/mol. The van der Waals surface area contributed by atoms with Crippen LogP contribution >= 0.6 is 23.2 Å². The Morgan fingerprint density at radius 2 is 2.05 bits per heavy atom. The highest BCUT2D eigenvalue weighted by Gasteiger charge is 2.22. The summed E-state index contributed by atoms with van der Waals surface area (Å²) in [5, 5.41) is 0.621. The molecule has 0 amide bonds. The van der Waals surface area contributed by atoms with E-state index in [1.165, 1.54) is 0 Å². The highest BCUT2D eigenvalue weighted by atomic mass is 35.5. The largest absolute Gasteiger partial charge is 0.378 e. The summed E-state index contributed by atoms with van der Waals surface area (Å²) in [5.74, 6) is 0.348. The quantitative estimate of drug-likeness (QED) is 0.543. The van der Waals surface area contributed by atoms with E-state index >= 15 is 0 Å². The fourth-order valence-corrected chi connectivity index (χ4v) is 2.33. The smallest absolute Gasteiger partial charge is 0.198 e. The van der Waals surface area contributed by atoms with Crippen LogP contribution in [0, 0.1) is 6.92 Å². The monoisotopic (exact) mass is 308 g/mol. The molecule has 2 aromatic heterocycles. The van der Waals surface area contributed by atoms with Gasteiger partial charge in [-0.1, -0.05) is 23.7 Å². The number of carbonyl (C=O) groups is 1. The number of Topliss-reactive ketones (excluding diaryl/α,β-unsaturated/α-hetero) is 1. The van der Waals surface area contributed by atoms with E-state index in [0.717, 1.165) is 5.56 Å². The number of alkyl halides is 1. The van der Waals surface area contributed by atoms with Crippen LogP contribution in [0.2, 0.25) is 5.02 Å². The van der Waals surface area contributed by atoms with E-state index in [9.17, 15) is 4.79 Å². The van der Waals surface area contributed by atoms with E-state index < -0.39 is 0 Å². The molecular weight excluding hydrogens is 299 g/mol. The van der Waals surface area contributed by atoms with Gasteiger partial charge in [-0.15, -0.1) is 11.6 Å². The molecule has 0 saturated heterocycles. The first-order valence-corrected chi connectivity index (χ1v) is 6.86. The van der Waals surface area contributed by atoms with Gasteiger partial charge in [-0.05, 0) is 19.1 Å². The fraction of sp³-hybridized carbons (Fsp3) is 0.143. The highest BCUT2D eigenvalue weighted by molar-refractivity contribution is 6.31. The van der Waals surface area contributed by atoms with Gasteiger partial charge in [0, 0.05) is 16.7 Å². The summed E-state index contributed by atoms with van der Waals surface area (Å²) >= 11 is 11.5. The molecule has 0 N–H and O–H groups in total. The Labute approximate surface area is 124 Å². The number of ketones is 1. The molecule has 1 aromatic carbocycles. The van der Waals surface area contributed by atoms with Crippen molar-refractivity contribution in [3.63, 3.8) is 0 Å². The van der Waals surface area contributed by atoms with Gasteiger partial charge in [0.05, 0.1) is 5.88 Å². The predicted octanol–water partition coefficient (Wildman–Crippen LogP) is 3.98. The van der Waals surface area contributed by atoms with Crippen LogP contribution in [0.4, 0.5) is 0 Å². The van der Waals surface area contributed by atoms with Crippen molar-refractivity contribution in [2.24, 2.45) is 0 Å². The number of benzene rings is 1. The van der Waals surface area contributed by atoms with Crippen molar-refractivity contribution >= 4 is 34.6 Å². The molecular formula is C14H10Cl2N2O2. The standard InChI is InChI=1S/C14H10Cl2N2O2/c1-8-6-12-17-13(11(19)7-15)14(18(12)20-8)9-2-4-10(16)5-3-9/h2-6H,7H2,1H3. The van der Waals surface area contributed by atoms with Gasteiger partial charge >= 0.3 is 0 Å². The van der Waals surface area contributed by atoms with Crippen molar-refractivity contribution in [2.75, 3.05) is 5.88 Å². The maximum atomic E-state index is 12.0. The molecule has 0 radical (unpaired) electrons. The molecule has 2 heterocycles. The van der Waals surface area contributed by atoms with E-state index in [4.69, 9.17) is 27.7 Å². The number of aromatic nitrogens is 2. The number of hydrogen-bond acceptors (Lipinski definition) is 3. The molecule has 102 valence electrons. The van der Waals surface area contributed by atoms with Crippen LogP contribution in [0.25, 0.3) is 16.9 Å². The summed E-state index contributed by atoms with van der Waals surface area (Å²) in [7, 11) is 0. The van der Waals surface area contributed by atoms with Gasteiger partial charge in [-0.25, -0.2) is 4.98 Å². The minimum absolute atomic E-state index is 0.125. The third-order valence-corrected chi connectivity index (χ3v) is 3.43. The summed E-state index contributed by atoms with van der Waals surface area (Å²) < 4.78 is 7.12. The summed E-state index contributed by atoms with van der Waals surface area (Å²) in [6.45, 7) is 1.82. The predicted molar refractivity (Wildman–Crippen MR) is 77.7 cm³/mol. The molecule has 0 bridgehead atoms. The van der Waals surface area contributed by atoms with E-state index in [0.29, 0.717) is 27.8 Å². The Bertz CT molecular complexity index is 787. The van der Waals surface area contributed by atoms with Crippen LogP contribution < -0.4 is 0 Å². The average Bonchev–Trinajstić information content (AvgIpc) is 2.95. The Balaban J connectivity index is 2.29. The first kappa shape index (κ1) is 13.2. The first-order chi connectivity index (χ1) is 9.60. The maximum absolute atomic E-state index is 12.0. The lowest BCUT2D eigenvalue weighted by molar-refractivity contribution is 0.101. The van der Waals surface area contributed by atoms with Crippen LogP contribution in [0.15, 0.2) is 34.9 Å². The minimum Gasteiger partial charge on any atom is -0.378 e. The molecule has 0 aliphatic heterocycles. The second-order valence-corrected chi connectivity index (χ2v) is 5.08. The number of halogens is 2. The second kappa shape index (κ2) is 4.96. The van der Waals surface area contributed by atoms with Gasteiger partial charge < -0.3 is 4.52 Å². The van der Waals surface area contributed by atoms with E-state index in [1.807, 2.05) is 19.1 Å². The third-order valence-electron chi connectivity index (χ3n) is 2.93. The molecule has 0 aliphatic carbocycles. The van der Waals surface area contributed by atoms with Crippen LogP contribution in [-0.4, -0.2) is 21.2 Å². The number of imidazole rings is 1. The summed E-state index contributed by atoms with van der Waals surface area (Å²) in [6, 6.07) is 8.90. The summed E-state index contributed by atoms with van der Waals surface area (Å²) in [5.41, 5.74) is 2.28. The second-order valence-electron chi connectivity index (χ2n) is 4.37. The van der Waals surface area contributed by atoms with Crippen molar-refractivity contribution in [3.8, 4) is 11.3 Å². The van der Waals surface area contributed by atoms with E-state index in [2.05, 4.69) is 4.98 Å². The normalized spacial score (nSPS) is 11.2. The number of fused-ring (bicyclic) bond motifs is 1. The number of nitrogens with zero attached hydrogens (tertiary/aromatic N) is 2. The molecule has 0 fully saturated rings. The number of aryl methyl sites for hydroxylation is 1. The van der Waals surface area contributed by atoms with Crippen molar-refractivity contribution < 1.29 is 9.32 Å². The van der Waals surface area contributed by atoms with Crippen molar-refractivity contribution in [2.45, 2.75) is 6.92 Å². The van der Waals surface area contributed by atoms with Crippen molar-refractivity contribution in [3.05, 3.63) is 46.8 Å².